The minimum atomic E-state index is -4.74. The van der Waals surface area contributed by atoms with E-state index >= 15 is 0 Å². The Labute approximate surface area is 177 Å². The first-order chi connectivity index (χ1) is 15.2. The zero-order chi connectivity index (χ0) is 23.0. The van der Waals surface area contributed by atoms with Crippen LogP contribution in [0, 0.1) is 11.6 Å². The van der Waals surface area contributed by atoms with Crippen LogP contribution in [-0.4, -0.2) is 20.6 Å². The fraction of sp³-hybridized carbons (Fsp3) is 0.0909. The maximum Gasteiger partial charge on any atom is 0.450 e. The molecule has 1 aromatic heterocycles. The summed E-state index contributed by atoms with van der Waals surface area (Å²) in [4.78, 5) is 15.9. The van der Waals surface area contributed by atoms with Gasteiger partial charge in [-0.05, 0) is 54.1 Å². The van der Waals surface area contributed by atoms with Crippen LogP contribution in [0.5, 0.6) is 0 Å². The van der Waals surface area contributed by atoms with E-state index in [2.05, 4.69) is 10.3 Å². The number of benzene rings is 3. The molecule has 0 spiro atoms. The summed E-state index contributed by atoms with van der Waals surface area (Å²) in [6.07, 6.45) is -4.74. The van der Waals surface area contributed by atoms with Crippen LogP contribution in [0.2, 0.25) is 0 Å². The van der Waals surface area contributed by atoms with Crippen LogP contribution in [0.1, 0.15) is 21.7 Å². The highest BCUT2D eigenvalue weighted by Gasteiger charge is 2.38. The molecular formula is C22H14F5N3O2. The maximum atomic E-state index is 13.8. The molecule has 5 nitrogen and oxygen atoms in total. The fourth-order valence-electron chi connectivity index (χ4n) is 3.24. The number of hydrogen-bond donors (Lipinski definition) is 2. The Morgan fingerprint density at radius 1 is 1.00 bits per heavy atom. The molecule has 10 heteroatoms. The van der Waals surface area contributed by atoms with Crippen LogP contribution in [0.25, 0.3) is 16.7 Å². The van der Waals surface area contributed by atoms with Gasteiger partial charge in [-0.25, -0.2) is 13.8 Å². The summed E-state index contributed by atoms with van der Waals surface area (Å²) in [7, 11) is 0. The van der Waals surface area contributed by atoms with E-state index in [0.29, 0.717) is 11.6 Å². The first-order valence-electron chi connectivity index (χ1n) is 9.23. The number of nitrogens with zero attached hydrogens (tertiary/aromatic N) is 2. The number of carbonyl (C=O) groups is 1. The molecule has 0 fully saturated rings. The number of hydrogen-bond acceptors (Lipinski definition) is 3. The average molecular weight is 447 g/mol. The number of halogens is 5. The highest BCUT2D eigenvalue weighted by molar-refractivity contribution is 6.04. The molecule has 164 valence electrons. The summed E-state index contributed by atoms with van der Waals surface area (Å²) in [5.74, 6) is -3.85. The SMILES string of the molecule is O=C(Nc1ccc(-n2c(C(F)(F)F)nc3cc(CO)ccc32)cc1)c1ccc(F)cc1F. The summed E-state index contributed by atoms with van der Waals surface area (Å²) in [6.45, 7) is -0.340. The molecule has 0 aliphatic rings. The minimum Gasteiger partial charge on any atom is -0.392 e. The van der Waals surface area contributed by atoms with Crippen molar-refractivity contribution in [2.24, 2.45) is 0 Å². The molecule has 4 rings (SSSR count). The van der Waals surface area contributed by atoms with Gasteiger partial charge in [-0.1, -0.05) is 6.07 Å². The van der Waals surface area contributed by atoms with E-state index in [0.717, 1.165) is 16.7 Å². The number of aliphatic hydroxyl groups is 1. The number of nitrogens with one attached hydrogen (secondary N) is 1. The van der Waals surface area contributed by atoms with E-state index in [-0.39, 0.29) is 34.6 Å². The molecule has 4 aromatic rings. The normalized spacial score (nSPS) is 11.7. The number of imidazole rings is 1. The average Bonchev–Trinajstić information content (AvgIpc) is 3.13. The highest BCUT2D eigenvalue weighted by atomic mass is 19.4. The third kappa shape index (κ3) is 4.04. The molecule has 3 aromatic carbocycles. The second kappa shape index (κ2) is 8.04. The second-order valence-electron chi connectivity index (χ2n) is 6.87. The Kier molecular flexibility index (Phi) is 5.39. The van der Waals surface area contributed by atoms with E-state index in [1.165, 1.54) is 42.5 Å². The van der Waals surface area contributed by atoms with Crippen molar-refractivity contribution in [3.8, 4) is 5.69 Å². The highest BCUT2D eigenvalue weighted by Crippen LogP contribution is 2.34. The predicted molar refractivity (Wildman–Crippen MR) is 106 cm³/mol. The van der Waals surface area contributed by atoms with E-state index in [1.54, 1.807) is 0 Å². The number of alkyl halides is 3. The molecule has 0 aliphatic carbocycles. The molecule has 0 radical (unpaired) electrons. The lowest BCUT2D eigenvalue weighted by Gasteiger charge is -2.13. The fourth-order valence-corrected chi connectivity index (χ4v) is 3.24. The van der Waals surface area contributed by atoms with Crippen molar-refractivity contribution in [1.82, 2.24) is 9.55 Å². The molecule has 0 saturated heterocycles. The van der Waals surface area contributed by atoms with Crippen LogP contribution in [-0.2, 0) is 12.8 Å². The van der Waals surface area contributed by atoms with Crippen LogP contribution in [0.15, 0.2) is 60.7 Å². The van der Waals surface area contributed by atoms with Crippen LogP contribution in [0.3, 0.4) is 0 Å². The largest absolute Gasteiger partial charge is 0.450 e. The minimum absolute atomic E-state index is 0.0630. The third-order valence-corrected chi connectivity index (χ3v) is 4.71. The third-order valence-electron chi connectivity index (χ3n) is 4.71. The second-order valence-corrected chi connectivity index (χ2v) is 6.87. The van der Waals surface area contributed by atoms with Gasteiger partial charge in [0, 0.05) is 17.4 Å². The topological polar surface area (TPSA) is 67.2 Å². The van der Waals surface area contributed by atoms with E-state index in [9.17, 15) is 31.9 Å². The maximum absolute atomic E-state index is 13.8. The van der Waals surface area contributed by atoms with Gasteiger partial charge in [-0.3, -0.25) is 9.36 Å². The molecule has 1 amide bonds. The van der Waals surface area contributed by atoms with Crippen molar-refractivity contribution in [3.63, 3.8) is 0 Å². The summed E-state index contributed by atoms with van der Waals surface area (Å²) < 4.78 is 68.5. The molecule has 0 unspecified atom stereocenters. The summed E-state index contributed by atoms with van der Waals surface area (Å²) in [5, 5.41) is 11.6. The number of fused-ring (bicyclic) bond motifs is 1. The lowest BCUT2D eigenvalue weighted by Crippen LogP contribution is -2.15. The lowest BCUT2D eigenvalue weighted by molar-refractivity contribution is -0.145. The number of aromatic nitrogens is 2. The van der Waals surface area contributed by atoms with Gasteiger partial charge in [0.2, 0.25) is 5.82 Å². The predicted octanol–water partition coefficient (Wildman–Crippen LogP) is 5.07. The van der Waals surface area contributed by atoms with Crippen molar-refractivity contribution in [1.29, 1.82) is 0 Å². The zero-order valence-corrected chi connectivity index (χ0v) is 16.1. The molecule has 0 saturated carbocycles. The van der Waals surface area contributed by atoms with E-state index in [1.807, 2.05) is 0 Å². The lowest BCUT2D eigenvalue weighted by atomic mass is 10.2. The van der Waals surface area contributed by atoms with Crippen molar-refractivity contribution >= 4 is 22.6 Å². The van der Waals surface area contributed by atoms with Crippen molar-refractivity contribution < 1.29 is 31.9 Å². The smallest absolute Gasteiger partial charge is 0.392 e. The number of anilines is 1. The molecule has 0 atom stereocenters. The number of rotatable bonds is 4. The van der Waals surface area contributed by atoms with Crippen molar-refractivity contribution in [2.45, 2.75) is 12.8 Å². The van der Waals surface area contributed by atoms with Gasteiger partial charge in [0.15, 0.2) is 0 Å². The monoisotopic (exact) mass is 447 g/mol. The van der Waals surface area contributed by atoms with E-state index < -0.39 is 29.5 Å². The van der Waals surface area contributed by atoms with Crippen molar-refractivity contribution in [3.05, 3.63) is 89.2 Å². The number of amides is 1. The molecular weight excluding hydrogens is 433 g/mol. The van der Waals surface area contributed by atoms with Gasteiger partial charge in [-0.15, -0.1) is 0 Å². The first-order valence-corrected chi connectivity index (χ1v) is 9.23. The Balaban J connectivity index is 1.69. The van der Waals surface area contributed by atoms with Gasteiger partial charge >= 0.3 is 6.18 Å². The Morgan fingerprint density at radius 3 is 2.34 bits per heavy atom. The zero-order valence-electron chi connectivity index (χ0n) is 16.1. The standard InChI is InChI=1S/C22H14F5N3O2/c23-13-2-7-16(17(24)10-13)20(32)28-14-3-5-15(6-4-14)30-19-8-1-12(11-31)9-18(19)29-21(30)22(25,26)27/h1-10,31H,11H2,(H,28,32). The van der Waals surface area contributed by atoms with Gasteiger partial charge < -0.3 is 10.4 Å². The molecule has 2 N–H and O–H groups in total. The quantitative estimate of drug-likeness (QED) is 0.430. The summed E-state index contributed by atoms with van der Waals surface area (Å²) >= 11 is 0. The van der Waals surface area contributed by atoms with E-state index in [4.69, 9.17) is 0 Å². The number of aliphatic hydroxyl groups excluding tert-OH is 1. The molecule has 32 heavy (non-hydrogen) atoms. The first kappa shape index (κ1) is 21.4. The molecule has 0 bridgehead atoms. The van der Waals surface area contributed by atoms with Gasteiger partial charge in [0.05, 0.1) is 23.2 Å². The van der Waals surface area contributed by atoms with Crippen LogP contribution < -0.4 is 5.32 Å². The molecule has 1 heterocycles. The Hall–Kier alpha value is -3.79. The van der Waals surface area contributed by atoms with Crippen LogP contribution >= 0.6 is 0 Å². The van der Waals surface area contributed by atoms with Gasteiger partial charge in [-0.2, -0.15) is 13.2 Å². The van der Waals surface area contributed by atoms with Crippen LogP contribution in [0.4, 0.5) is 27.6 Å². The summed E-state index contributed by atoms with van der Waals surface area (Å²) in [5.41, 5.74) is 0.607. The Bertz CT molecular complexity index is 1310. The van der Waals surface area contributed by atoms with Gasteiger partial charge in [0.25, 0.3) is 5.91 Å². The Morgan fingerprint density at radius 2 is 1.72 bits per heavy atom. The van der Waals surface area contributed by atoms with Crippen molar-refractivity contribution in [2.75, 3.05) is 5.32 Å². The summed E-state index contributed by atoms with van der Waals surface area (Å²) in [6, 6.07) is 12.2. The van der Waals surface area contributed by atoms with Gasteiger partial charge in [0.1, 0.15) is 11.6 Å². The molecule has 0 aliphatic heterocycles. The number of carbonyl (C=O) groups excluding carboxylic acids is 1.